The van der Waals surface area contributed by atoms with E-state index in [1.165, 1.54) is 0 Å². The van der Waals surface area contributed by atoms with Crippen molar-refractivity contribution < 1.29 is 14.3 Å². The van der Waals surface area contributed by atoms with Crippen molar-refractivity contribution in [3.63, 3.8) is 0 Å². The number of nitrogen functional groups attached to an aromatic ring is 1. The monoisotopic (exact) mass is 286 g/mol. The van der Waals surface area contributed by atoms with Gasteiger partial charge in [-0.05, 0) is 31.2 Å². The fourth-order valence-corrected chi connectivity index (χ4v) is 2.08. The van der Waals surface area contributed by atoms with Crippen molar-refractivity contribution in [2.75, 3.05) is 12.8 Å². The summed E-state index contributed by atoms with van der Waals surface area (Å²) in [6.07, 6.45) is 0. The van der Waals surface area contributed by atoms with E-state index in [2.05, 4.69) is 0 Å². The van der Waals surface area contributed by atoms with Gasteiger partial charge in [-0.1, -0.05) is 17.7 Å². The van der Waals surface area contributed by atoms with E-state index in [0.717, 1.165) is 16.9 Å². The van der Waals surface area contributed by atoms with Crippen molar-refractivity contribution >= 4 is 11.6 Å². The van der Waals surface area contributed by atoms with Crippen molar-refractivity contribution in [3.05, 3.63) is 53.1 Å². The quantitative estimate of drug-likeness (QED) is 0.825. The Bertz CT molecular complexity index is 669. The zero-order valence-electron chi connectivity index (χ0n) is 12.1. The van der Waals surface area contributed by atoms with E-state index in [1.807, 2.05) is 25.1 Å². The number of carbonyl (C=O) groups excluding carboxylic acids is 1. The third-order valence-electron chi connectivity index (χ3n) is 3.12. The highest BCUT2D eigenvalue weighted by Crippen LogP contribution is 2.28. The number of amides is 1. The van der Waals surface area contributed by atoms with Gasteiger partial charge in [0.15, 0.2) is 5.75 Å². The second kappa shape index (κ2) is 6.17. The predicted octanol–water partition coefficient (Wildman–Crippen LogP) is 2.26. The second-order valence-corrected chi connectivity index (χ2v) is 4.69. The van der Waals surface area contributed by atoms with Gasteiger partial charge in [-0.25, -0.2) is 0 Å². The molecule has 110 valence electrons. The van der Waals surface area contributed by atoms with Crippen LogP contribution >= 0.6 is 0 Å². The molecule has 0 unspecified atom stereocenters. The summed E-state index contributed by atoms with van der Waals surface area (Å²) in [7, 11) is 1.60. The molecule has 5 heteroatoms. The lowest BCUT2D eigenvalue weighted by molar-refractivity contribution is 0.0996. The number of para-hydroxylation sites is 1. The molecular formula is C16H18N2O3. The maximum absolute atomic E-state index is 11.4. The van der Waals surface area contributed by atoms with Crippen LogP contribution in [0, 0.1) is 6.92 Å². The average Bonchev–Trinajstić information content (AvgIpc) is 2.45. The van der Waals surface area contributed by atoms with Crippen molar-refractivity contribution in [2.24, 2.45) is 5.73 Å². The van der Waals surface area contributed by atoms with Crippen LogP contribution in [0.3, 0.4) is 0 Å². The molecule has 0 heterocycles. The molecule has 1 amide bonds. The molecule has 0 aliphatic heterocycles. The van der Waals surface area contributed by atoms with Gasteiger partial charge in [0.25, 0.3) is 5.91 Å². The fourth-order valence-electron chi connectivity index (χ4n) is 2.08. The van der Waals surface area contributed by atoms with E-state index < -0.39 is 5.91 Å². The zero-order valence-corrected chi connectivity index (χ0v) is 12.1. The number of hydrogen-bond acceptors (Lipinski definition) is 4. The van der Waals surface area contributed by atoms with Gasteiger partial charge >= 0.3 is 0 Å². The maximum Gasteiger partial charge on any atom is 0.252 e. The van der Waals surface area contributed by atoms with Crippen LogP contribution in [-0.2, 0) is 6.61 Å². The predicted molar refractivity (Wildman–Crippen MR) is 81.4 cm³/mol. The summed E-state index contributed by atoms with van der Waals surface area (Å²) in [4.78, 5) is 11.4. The Balaban J connectivity index is 2.28. The molecule has 2 rings (SSSR count). The molecule has 2 aromatic carbocycles. The molecule has 0 fully saturated rings. The summed E-state index contributed by atoms with van der Waals surface area (Å²) in [5, 5.41) is 0. The molecule has 21 heavy (non-hydrogen) atoms. The Morgan fingerprint density at radius 2 is 2.00 bits per heavy atom. The standard InChI is InChI=1S/C16H18N2O3/c1-10-6-7-14(20-2)11(8-10)9-21-15-12(16(18)19)4-3-5-13(15)17/h3-8H,9,17H2,1-2H3,(H2,18,19). The number of methoxy groups -OCH3 is 1. The van der Waals surface area contributed by atoms with Crippen molar-refractivity contribution in [1.29, 1.82) is 0 Å². The van der Waals surface area contributed by atoms with Crippen LogP contribution in [-0.4, -0.2) is 13.0 Å². The maximum atomic E-state index is 11.4. The van der Waals surface area contributed by atoms with E-state index in [-0.39, 0.29) is 12.2 Å². The number of rotatable bonds is 5. The van der Waals surface area contributed by atoms with E-state index in [1.54, 1.807) is 25.3 Å². The smallest absolute Gasteiger partial charge is 0.252 e. The summed E-state index contributed by atoms with van der Waals surface area (Å²) < 4.78 is 11.0. The van der Waals surface area contributed by atoms with Crippen LogP contribution in [0.5, 0.6) is 11.5 Å². The number of nitrogens with two attached hydrogens (primary N) is 2. The Morgan fingerprint density at radius 1 is 1.24 bits per heavy atom. The number of carbonyl (C=O) groups is 1. The van der Waals surface area contributed by atoms with Crippen molar-refractivity contribution in [1.82, 2.24) is 0 Å². The lowest BCUT2D eigenvalue weighted by Crippen LogP contribution is -2.14. The Hall–Kier alpha value is -2.69. The molecule has 2 aromatic rings. The van der Waals surface area contributed by atoms with E-state index in [0.29, 0.717) is 11.4 Å². The Labute approximate surface area is 123 Å². The average molecular weight is 286 g/mol. The molecular weight excluding hydrogens is 268 g/mol. The topological polar surface area (TPSA) is 87.6 Å². The molecule has 0 aliphatic carbocycles. The zero-order chi connectivity index (χ0) is 15.4. The molecule has 5 nitrogen and oxygen atoms in total. The van der Waals surface area contributed by atoms with Crippen molar-refractivity contribution in [3.8, 4) is 11.5 Å². The SMILES string of the molecule is COc1ccc(C)cc1COc1c(N)cccc1C(N)=O. The van der Waals surface area contributed by atoms with Crippen LogP contribution in [0.4, 0.5) is 5.69 Å². The number of anilines is 1. The number of hydrogen-bond donors (Lipinski definition) is 2. The van der Waals surface area contributed by atoms with Gasteiger partial charge < -0.3 is 20.9 Å². The van der Waals surface area contributed by atoms with Gasteiger partial charge in [0, 0.05) is 5.56 Å². The first-order valence-corrected chi connectivity index (χ1v) is 6.47. The van der Waals surface area contributed by atoms with Crippen molar-refractivity contribution in [2.45, 2.75) is 13.5 Å². The second-order valence-electron chi connectivity index (χ2n) is 4.69. The van der Waals surface area contributed by atoms with Gasteiger partial charge in [-0.2, -0.15) is 0 Å². The molecule has 0 radical (unpaired) electrons. The normalized spacial score (nSPS) is 10.2. The molecule has 0 bridgehead atoms. The summed E-state index contributed by atoms with van der Waals surface area (Å²) in [5.74, 6) is 0.442. The van der Waals surface area contributed by atoms with Crippen LogP contribution in [0.25, 0.3) is 0 Å². The molecule has 0 aliphatic rings. The first-order chi connectivity index (χ1) is 10.0. The minimum absolute atomic E-state index is 0.235. The molecule has 0 aromatic heterocycles. The minimum atomic E-state index is -0.575. The first kappa shape index (κ1) is 14.7. The third-order valence-corrected chi connectivity index (χ3v) is 3.12. The van der Waals surface area contributed by atoms with E-state index >= 15 is 0 Å². The lowest BCUT2D eigenvalue weighted by atomic mass is 10.1. The summed E-state index contributed by atoms with van der Waals surface area (Å²) in [6.45, 7) is 2.22. The highest BCUT2D eigenvalue weighted by atomic mass is 16.5. The van der Waals surface area contributed by atoms with Crippen LogP contribution in [0.1, 0.15) is 21.5 Å². The number of benzene rings is 2. The molecule has 0 saturated carbocycles. The molecule has 0 spiro atoms. The number of primary amides is 1. The minimum Gasteiger partial charge on any atom is -0.496 e. The summed E-state index contributed by atoms with van der Waals surface area (Å²) >= 11 is 0. The Morgan fingerprint density at radius 3 is 2.67 bits per heavy atom. The van der Waals surface area contributed by atoms with Crippen LogP contribution in [0.2, 0.25) is 0 Å². The fraction of sp³-hybridized carbons (Fsp3) is 0.188. The van der Waals surface area contributed by atoms with Crippen LogP contribution in [0.15, 0.2) is 36.4 Å². The summed E-state index contributed by atoms with van der Waals surface area (Å²) in [5.41, 5.74) is 13.8. The van der Waals surface area contributed by atoms with Gasteiger partial charge in [-0.15, -0.1) is 0 Å². The first-order valence-electron chi connectivity index (χ1n) is 6.47. The molecule has 0 atom stereocenters. The largest absolute Gasteiger partial charge is 0.496 e. The lowest BCUT2D eigenvalue weighted by Gasteiger charge is -2.14. The van der Waals surface area contributed by atoms with E-state index in [9.17, 15) is 4.79 Å². The van der Waals surface area contributed by atoms with Gasteiger partial charge in [0.2, 0.25) is 0 Å². The number of aryl methyl sites for hydroxylation is 1. The highest BCUT2D eigenvalue weighted by Gasteiger charge is 2.13. The summed E-state index contributed by atoms with van der Waals surface area (Å²) in [6, 6.07) is 10.7. The molecule has 4 N–H and O–H groups in total. The molecule has 0 saturated heterocycles. The van der Waals surface area contributed by atoms with Crippen LogP contribution < -0.4 is 20.9 Å². The third kappa shape index (κ3) is 3.25. The Kier molecular flexibility index (Phi) is 4.33. The van der Waals surface area contributed by atoms with E-state index in [4.69, 9.17) is 20.9 Å². The number of ether oxygens (including phenoxy) is 2. The van der Waals surface area contributed by atoms with Gasteiger partial charge in [-0.3, -0.25) is 4.79 Å². The van der Waals surface area contributed by atoms with Gasteiger partial charge in [0.05, 0.1) is 18.4 Å². The van der Waals surface area contributed by atoms with Gasteiger partial charge in [0.1, 0.15) is 12.4 Å². The highest BCUT2D eigenvalue weighted by molar-refractivity contribution is 5.97.